The number of fused-ring (bicyclic) bond motifs is 1. The van der Waals surface area contributed by atoms with E-state index in [2.05, 4.69) is 15.4 Å². The van der Waals surface area contributed by atoms with E-state index in [1.807, 2.05) is 30.1 Å². The van der Waals surface area contributed by atoms with Gasteiger partial charge in [-0.05, 0) is 30.9 Å². The van der Waals surface area contributed by atoms with Crippen LogP contribution in [-0.4, -0.2) is 21.9 Å². The quantitative estimate of drug-likeness (QED) is 0.925. The molecule has 3 rings (SSSR count). The molecular weight excluding hydrogens is 252 g/mol. The van der Waals surface area contributed by atoms with Crippen LogP contribution in [0.15, 0.2) is 24.5 Å². The molecule has 20 heavy (non-hydrogen) atoms. The van der Waals surface area contributed by atoms with Gasteiger partial charge in [0.1, 0.15) is 0 Å². The van der Waals surface area contributed by atoms with E-state index >= 15 is 0 Å². The molecule has 1 N–H and O–H groups in total. The minimum atomic E-state index is 0.395. The maximum absolute atomic E-state index is 5.15. The third-order valence-electron chi connectivity index (χ3n) is 3.94. The molecule has 0 saturated carbocycles. The van der Waals surface area contributed by atoms with Gasteiger partial charge in [0.2, 0.25) is 5.88 Å². The number of rotatable bonds is 4. The highest BCUT2D eigenvalue weighted by Crippen LogP contribution is 2.29. The Kier molecular flexibility index (Phi) is 3.69. The van der Waals surface area contributed by atoms with Gasteiger partial charge in [0.15, 0.2) is 0 Å². The van der Waals surface area contributed by atoms with Crippen LogP contribution in [-0.2, 0) is 20.0 Å². The van der Waals surface area contributed by atoms with Gasteiger partial charge in [0, 0.05) is 43.2 Å². The molecule has 2 aromatic rings. The summed E-state index contributed by atoms with van der Waals surface area (Å²) in [6.45, 7) is 0.817. The van der Waals surface area contributed by atoms with Crippen LogP contribution in [0.25, 0.3) is 0 Å². The van der Waals surface area contributed by atoms with E-state index in [0.29, 0.717) is 11.9 Å². The molecule has 0 aromatic carbocycles. The SMILES string of the molecule is COc1cc(CNC2CCCc3c2cnn3C)ccn1. The maximum Gasteiger partial charge on any atom is 0.213 e. The van der Waals surface area contributed by atoms with Crippen molar-refractivity contribution in [1.29, 1.82) is 0 Å². The Bertz CT molecular complexity index is 593. The van der Waals surface area contributed by atoms with Crippen molar-refractivity contribution >= 4 is 0 Å². The third kappa shape index (κ3) is 2.54. The summed E-state index contributed by atoms with van der Waals surface area (Å²) >= 11 is 0. The third-order valence-corrected chi connectivity index (χ3v) is 3.94. The lowest BCUT2D eigenvalue weighted by Gasteiger charge is -2.24. The number of hydrogen-bond donors (Lipinski definition) is 1. The normalized spacial score (nSPS) is 17.8. The molecule has 1 aliphatic rings. The monoisotopic (exact) mass is 272 g/mol. The summed E-state index contributed by atoms with van der Waals surface area (Å²) in [5.74, 6) is 0.662. The lowest BCUT2D eigenvalue weighted by Crippen LogP contribution is -2.24. The van der Waals surface area contributed by atoms with E-state index in [1.54, 1.807) is 13.3 Å². The predicted molar refractivity (Wildman–Crippen MR) is 76.5 cm³/mol. The van der Waals surface area contributed by atoms with Gasteiger partial charge in [-0.3, -0.25) is 4.68 Å². The second-order valence-corrected chi connectivity index (χ2v) is 5.20. The number of nitrogens with zero attached hydrogens (tertiary/aromatic N) is 3. The van der Waals surface area contributed by atoms with Crippen LogP contribution in [0, 0.1) is 0 Å². The molecule has 2 heterocycles. The standard InChI is InChI=1S/C15H20N4O/c1-19-14-5-3-4-13(12(14)10-18-19)17-9-11-6-7-16-15(8-11)20-2/h6-8,10,13,17H,3-5,9H2,1-2H3. The van der Waals surface area contributed by atoms with E-state index in [0.717, 1.165) is 13.0 Å². The van der Waals surface area contributed by atoms with Crippen LogP contribution < -0.4 is 10.1 Å². The van der Waals surface area contributed by atoms with Crippen molar-refractivity contribution in [3.8, 4) is 5.88 Å². The molecule has 0 fully saturated rings. The lowest BCUT2D eigenvalue weighted by molar-refractivity contribution is 0.396. The molecule has 0 spiro atoms. The fourth-order valence-corrected chi connectivity index (χ4v) is 2.83. The van der Waals surface area contributed by atoms with E-state index in [9.17, 15) is 0 Å². The van der Waals surface area contributed by atoms with Crippen molar-refractivity contribution in [3.05, 3.63) is 41.3 Å². The minimum Gasteiger partial charge on any atom is -0.481 e. The van der Waals surface area contributed by atoms with Gasteiger partial charge < -0.3 is 10.1 Å². The van der Waals surface area contributed by atoms with Crippen molar-refractivity contribution < 1.29 is 4.74 Å². The number of aryl methyl sites for hydroxylation is 1. The topological polar surface area (TPSA) is 52.0 Å². The van der Waals surface area contributed by atoms with Crippen LogP contribution in [0.5, 0.6) is 5.88 Å². The molecule has 0 amide bonds. The highest BCUT2D eigenvalue weighted by molar-refractivity contribution is 5.25. The summed E-state index contributed by atoms with van der Waals surface area (Å²) in [4.78, 5) is 4.13. The van der Waals surface area contributed by atoms with E-state index in [-0.39, 0.29) is 0 Å². The number of ether oxygens (including phenoxy) is 1. The van der Waals surface area contributed by atoms with Crippen molar-refractivity contribution in [2.45, 2.75) is 31.8 Å². The first-order valence-electron chi connectivity index (χ1n) is 7.01. The summed E-state index contributed by atoms with van der Waals surface area (Å²) in [6, 6.07) is 4.38. The highest BCUT2D eigenvalue weighted by atomic mass is 16.5. The van der Waals surface area contributed by atoms with E-state index < -0.39 is 0 Å². The van der Waals surface area contributed by atoms with Gasteiger partial charge in [-0.2, -0.15) is 5.10 Å². The Morgan fingerprint density at radius 1 is 1.50 bits per heavy atom. The van der Waals surface area contributed by atoms with Gasteiger partial charge in [-0.1, -0.05) is 0 Å². The van der Waals surface area contributed by atoms with Gasteiger partial charge in [-0.15, -0.1) is 0 Å². The first kappa shape index (κ1) is 13.1. The molecule has 2 aromatic heterocycles. The first-order chi connectivity index (χ1) is 9.78. The van der Waals surface area contributed by atoms with Crippen LogP contribution in [0.4, 0.5) is 0 Å². The fraction of sp³-hybridized carbons (Fsp3) is 0.467. The number of hydrogen-bond acceptors (Lipinski definition) is 4. The van der Waals surface area contributed by atoms with Crippen LogP contribution in [0.1, 0.15) is 35.7 Å². The van der Waals surface area contributed by atoms with Gasteiger partial charge in [0.25, 0.3) is 0 Å². The van der Waals surface area contributed by atoms with Crippen LogP contribution in [0.3, 0.4) is 0 Å². The zero-order valence-electron chi connectivity index (χ0n) is 12.0. The van der Waals surface area contributed by atoms with Crippen molar-refractivity contribution in [2.75, 3.05) is 7.11 Å². The molecule has 0 bridgehead atoms. The number of pyridine rings is 1. The Morgan fingerprint density at radius 3 is 3.25 bits per heavy atom. The van der Waals surface area contributed by atoms with Crippen molar-refractivity contribution in [2.24, 2.45) is 7.05 Å². The van der Waals surface area contributed by atoms with Crippen LogP contribution in [0.2, 0.25) is 0 Å². The Hall–Kier alpha value is -1.88. The fourth-order valence-electron chi connectivity index (χ4n) is 2.83. The molecule has 106 valence electrons. The largest absolute Gasteiger partial charge is 0.481 e. The van der Waals surface area contributed by atoms with Gasteiger partial charge in [0.05, 0.1) is 13.3 Å². The molecule has 5 heteroatoms. The molecule has 0 radical (unpaired) electrons. The van der Waals surface area contributed by atoms with Gasteiger partial charge in [-0.25, -0.2) is 4.98 Å². The number of aromatic nitrogens is 3. The summed E-state index contributed by atoms with van der Waals surface area (Å²) in [6.07, 6.45) is 7.30. The zero-order valence-corrected chi connectivity index (χ0v) is 12.0. The average molecular weight is 272 g/mol. The second-order valence-electron chi connectivity index (χ2n) is 5.20. The summed E-state index contributed by atoms with van der Waals surface area (Å²) in [5, 5.41) is 8.00. The number of nitrogens with one attached hydrogen (secondary N) is 1. The average Bonchev–Trinajstić information content (AvgIpc) is 2.88. The Balaban J connectivity index is 1.70. The molecule has 1 unspecified atom stereocenters. The number of methoxy groups -OCH3 is 1. The highest BCUT2D eigenvalue weighted by Gasteiger charge is 2.22. The Labute approximate surface area is 119 Å². The van der Waals surface area contributed by atoms with Crippen LogP contribution >= 0.6 is 0 Å². The maximum atomic E-state index is 5.15. The molecule has 5 nitrogen and oxygen atoms in total. The molecule has 1 aliphatic carbocycles. The lowest BCUT2D eigenvalue weighted by atomic mass is 9.93. The van der Waals surface area contributed by atoms with Crippen molar-refractivity contribution in [3.63, 3.8) is 0 Å². The van der Waals surface area contributed by atoms with Gasteiger partial charge >= 0.3 is 0 Å². The first-order valence-corrected chi connectivity index (χ1v) is 7.01. The predicted octanol–water partition coefficient (Wildman–Crippen LogP) is 1.99. The Morgan fingerprint density at radius 2 is 2.40 bits per heavy atom. The summed E-state index contributed by atoms with van der Waals surface area (Å²) in [5.41, 5.74) is 3.90. The smallest absolute Gasteiger partial charge is 0.213 e. The van der Waals surface area contributed by atoms with E-state index in [4.69, 9.17) is 4.74 Å². The molecule has 0 aliphatic heterocycles. The summed E-state index contributed by atoms with van der Waals surface area (Å²) < 4.78 is 7.15. The molecule has 1 atom stereocenters. The zero-order chi connectivity index (χ0) is 13.9. The molecule has 0 saturated heterocycles. The molecular formula is C15H20N4O. The van der Waals surface area contributed by atoms with E-state index in [1.165, 1.54) is 29.7 Å². The second kappa shape index (κ2) is 5.63. The summed E-state index contributed by atoms with van der Waals surface area (Å²) in [7, 11) is 3.66. The minimum absolute atomic E-state index is 0.395. The van der Waals surface area contributed by atoms with Crippen molar-refractivity contribution in [1.82, 2.24) is 20.1 Å².